The molecule has 0 aromatic heterocycles. The number of benzene rings is 2. The molecule has 2 N–H and O–H groups in total. The van der Waals surface area contributed by atoms with Crippen molar-refractivity contribution < 1.29 is 35.9 Å². The molecular weight excluding hydrogens is 460 g/mol. The molecule has 0 saturated carbocycles. The molecule has 2 aromatic rings. The van der Waals surface area contributed by atoms with Crippen molar-refractivity contribution in [1.29, 1.82) is 0 Å². The molecule has 0 bridgehead atoms. The molecule has 0 heterocycles. The smallest absolute Gasteiger partial charge is 0.406 e. The quantitative estimate of drug-likeness (QED) is 0.183. The Morgan fingerprint density at radius 2 is 1.78 bits per heavy atom. The van der Waals surface area contributed by atoms with Gasteiger partial charge in [-0.1, -0.05) is 18.1 Å². The zero-order chi connectivity index (χ0) is 23.8. The second-order valence-corrected chi connectivity index (χ2v) is 6.96. The second-order valence-electron chi connectivity index (χ2n) is 5.97. The minimum atomic E-state index is -4.85. The molecule has 0 radical (unpaired) electrons. The summed E-state index contributed by atoms with van der Waals surface area (Å²) in [4.78, 5) is 12.1. The number of hydrazone groups is 1. The number of urea groups is 1. The normalized spacial score (nSPS) is 12.1. The average molecular weight is 475 g/mol. The molecule has 0 aliphatic heterocycles. The molecule has 0 fully saturated rings. The zero-order valence-corrected chi connectivity index (χ0v) is 16.9. The van der Waals surface area contributed by atoms with Crippen LogP contribution in [0.5, 0.6) is 5.75 Å². The molecule has 2 rings (SSSR count). The molecule has 2 amide bonds. The van der Waals surface area contributed by atoms with E-state index in [-0.39, 0.29) is 28.5 Å². The van der Waals surface area contributed by atoms with E-state index in [2.05, 4.69) is 26.5 Å². The van der Waals surface area contributed by atoms with Crippen molar-refractivity contribution in [1.82, 2.24) is 5.43 Å². The number of hydrogen-bond donors (Lipinski definition) is 2. The maximum atomic E-state index is 13.0. The number of hydrogen-bond acceptors (Lipinski definition) is 4. The van der Waals surface area contributed by atoms with Gasteiger partial charge < -0.3 is 10.1 Å². The number of halogens is 6. The molecule has 5 nitrogen and oxygen atoms in total. The van der Waals surface area contributed by atoms with Gasteiger partial charge in [0.2, 0.25) is 0 Å². The predicted molar refractivity (Wildman–Crippen MR) is 109 cm³/mol. The lowest BCUT2D eigenvalue weighted by Gasteiger charge is -2.11. The monoisotopic (exact) mass is 475 g/mol. The lowest BCUT2D eigenvalue weighted by Crippen LogP contribution is -2.26. The number of carbonyl (C=O) groups is 1. The lowest BCUT2D eigenvalue weighted by molar-refractivity contribution is -0.274. The van der Waals surface area contributed by atoms with Crippen molar-refractivity contribution in [3.63, 3.8) is 0 Å². The van der Waals surface area contributed by atoms with Crippen molar-refractivity contribution in [3.8, 4) is 18.1 Å². The number of nitrogens with one attached hydrogen (secondary N) is 2. The molecule has 12 heteroatoms. The predicted octanol–water partition coefficient (Wildman–Crippen LogP) is 5.50. The Morgan fingerprint density at radius 1 is 1.09 bits per heavy atom. The number of carbonyl (C=O) groups excluding carboxylic acids is 1. The molecule has 2 aromatic carbocycles. The summed E-state index contributed by atoms with van der Waals surface area (Å²) in [5, 5.41) is 6.20. The molecule has 0 saturated heterocycles. The molecule has 0 spiro atoms. The van der Waals surface area contributed by atoms with Gasteiger partial charge in [0.1, 0.15) is 5.75 Å². The summed E-state index contributed by atoms with van der Waals surface area (Å²) in [6.45, 7) is 0. The van der Waals surface area contributed by atoms with Gasteiger partial charge in [0.25, 0.3) is 0 Å². The van der Waals surface area contributed by atoms with Crippen LogP contribution in [0, 0.1) is 12.3 Å². The highest BCUT2D eigenvalue weighted by Gasteiger charge is 2.31. The lowest BCUT2D eigenvalue weighted by atomic mass is 10.1. The Labute approximate surface area is 183 Å². The summed E-state index contributed by atoms with van der Waals surface area (Å²) in [5.74, 6) is 2.30. The summed E-state index contributed by atoms with van der Waals surface area (Å²) >= 11 is 1.21. The van der Waals surface area contributed by atoms with Crippen LogP contribution in [0.1, 0.15) is 11.1 Å². The van der Waals surface area contributed by atoms with E-state index in [1.165, 1.54) is 36.0 Å². The van der Waals surface area contributed by atoms with Crippen LogP contribution >= 0.6 is 11.8 Å². The highest BCUT2D eigenvalue weighted by Crippen LogP contribution is 2.30. The minimum absolute atomic E-state index is 0.120. The zero-order valence-electron chi connectivity index (χ0n) is 16.1. The van der Waals surface area contributed by atoms with E-state index < -0.39 is 29.9 Å². The standard InChI is InChI=1S/C20H15F6N3O2S/c1-2-10-32-12-17(13-4-3-5-14(11-13)19(21,22)23)28-29-18(30)27-15-6-8-16(9-7-15)31-20(24,25)26/h1,3-9,11H,10,12H2,(H2,27,29,30). The summed E-state index contributed by atoms with van der Waals surface area (Å²) in [6.07, 6.45) is -4.23. The number of ether oxygens (including phenoxy) is 1. The first-order valence-corrected chi connectivity index (χ1v) is 9.81. The van der Waals surface area contributed by atoms with Crippen molar-refractivity contribution in [2.24, 2.45) is 5.10 Å². The number of terminal acetylenes is 1. The largest absolute Gasteiger partial charge is 0.573 e. The first-order valence-electron chi connectivity index (χ1n) is 8.66. The topological polar surface area (TPSA) is 62.7 Å². The number of nitrogens with zero attached hydrogens (tertiary/aromatic N) is 1. The number of thioether (sulfide) groups is 1. The summed E-state index contributed by atoms with van der Waals surface area (Å²) in [6, 6.07) is 7.89. The molecule has 170 valence electrons. The SMILES string of the molecule is C#CCSCC(=NNC(=O)Nc1ccc(OC(F)(F)F)cc1)c1cccc(C(F)(F)F)c1. The first kappa shape index (κ1) is 24.9. The van der Waals surface area contributed by atoms with Crippen molar-refractivity contribution in [3.05, 3.63) is 59.7 Å². The maximum Gasteiger partial charge on any atom is 0.573 e. The van der Waals surface area contributed by atoms with Crippen LogP contribution in [0.25, 0.3) is 0 Å². The highest BCUT2D eigenvalue weighted by atomic mass is 32.2. The Morgan fingerprint density at radius 3 is 2.38 bits per heavy atom. The molecular formula is C20H15F6N3O2S. The van der Waals surface area contributed by atoms with Crippen LogP contribution in [0.2, 0.25) is 0 Å². The van der Waals surface area contributed by atoms with E-state index in [1.807, 2.05) is 0 Å². The third-order valence-corrected chi connectivity index (χ3v) is 4.43. The number of rotatable bonds is 7. The van der Waals surface area contributed by atoms with Crippen LogP contribution in [-0.2, 0) is 6.18 Å². The summed E-state index contributed by atoms with van der Waals surface area (Å²) < 4.78 is 79.2. The first-order chi connectivity index (χ1) is 15.0. The maximum absolute atomic E-state index is 13.0. The van der Waals surface area contributed by atoms with Gasteiger partial charge >= 0.3 is 18.6 Å². The van der Waals surface area contributed by atoms with Gasteiger partial charge in [-0.05, 0) is 42.0 Å². The second kappa shape index (κ2) is 10.8. The number of alkyl halides is 6. The fraction of sp³-hybridized carbons (Fsp3) is 0.200. The summed E-state index contributed by atoms with van der Waals surface area (Å²) in [7, 11) is 0. The molecule has 0 unspecified atom stereocenters. The van der Waals surface area contributed by atoms with Gasteiger partial charge in [-0.25, -0.2) is 10.2 Å². The Kier molecular flexibility index (Phi) is 8.42. The minimum Gasteiger partial charge on any atom is -0.406 e. The highest BCUT2D eigenvalue weighted by molar-refractivity contribution is 8.00. The van der Waals surface area contributed by atoms with Gasteiger partial charge in [-0.15, -0.1) is 31.4 Å². The van der Waals surface area contributed by atoms with E-state index in [1.54, 1.807) is 0 Å². The van der Waals surface area contributed by atoms with E-state index in [4.69, 9.17) is 6.42 Å². The van der Waals surface area contributed by atoms with Crippen LogP contribution < -0.4 is 15.5 Å². The third-order valence-electron chi connectivity index (χ3n) is 3.59. The fourth-order valence-corrected chi connectivity index (χ4v) is 2.92. The van der Waals surface area contributed by atoms with Gasteiger partial charge in [0, 0.05) is 11.4 Å². The summed E-state index contributed by atoms with van der Waals surface area (Å²) in [5.41, 5.74) is 1.68. The van der Waals surface area contributed by atoms with Gasteiger partial charge in [0.15, 0.2) is 0 Å². The van der Waals surface area contributed by atoms with Gasteiger partial charge in [-0.3, -0.25) is 0 Å². The Bertz CT molecular complexity index is 998. The van der Waals surface area contributed by atoms with Crippen molar-refractivity contribution in [2.45, 2.75) is 12.5 Å². The van der Waals surface area contributed by atoms with Crippen LogP contribution in [0.3, 0.4) is 0 Å². The van der Waals surface area contributed by atoms with E-state index in [0.29, 0.717) is 0 Å². The Hall–Kier alpha value is -3.33. The fourth-order valence-electron chi connectivity index (χ4n) is 2.28. The van der Waals surface area contributed by atoms with Crippen molar-refractivity contribution >= 4 is 29.2 Å². The molecule has 32 heavy (non-hydrogen) atoms. The Balaban J connectivity index is 2.11. The van der Waals surface area contributed by atoms with Crippen molar-refractivity contribution in [2.75, 3.05) is 16.8 Å². The number of anilines is 1. The van der Waals surface area contributed by atoms with E-state index >= 15 is 0 Å². The van der Waals surface area contributed by atoms with Gasteiger partial charge in [0.05, 0.1) is 17.0 Å². The third kappa shape index (κ3) is 8.43. The van der Waals surface area contributed by atoms with Crippen LogP contribution in [-0.4, -0.2) is 29.6 Å². The molecule has 0 aliphatic rings. The molecule has 0 atom stereocenters. The van der Waals surface area contributed by atoms with E-state index in [9.17, 15) is 31.1 Å². The van der Waals surface area contributed by atoms with E-state index in [0.717, 1.165) is 24.3 Å². The van der Waals surface area contributed by atoms with Crippen LogP contribution in [0.15, 0.2) is 53.6 Å². The average Bonchev–Trinajstić information content (AvgIpc) is 2.70. The molecule has 0 aliphatic carbocycles. The van der Waals surface area contributed by atoms with Crippen LogP contribution in [0.4, 0.5) is 36.8 Å². The van der Waals surface area contributed by atoms with Gasteiger partial charge in [-0.2, -0.15) is 18.3 Å². The number of amides is 2.